The molecule has 0 unspecified atom stereocenters. The van der Waals surface area contributed by atoms with E-state index in [0.29, 0.717) is 11.2 Å². The number of aromatic amines is 1. The van der Waals surface area contributed by atoms with Gasteiger partial charge in [-0.25, -0.2) is 4.98 Å². The van der Waals surface area contributed by atoms with Crippen molar-refractivity contribution in [1.29, 1.82) is 0 Å². The maximum absolute atomic E-state index is 12.9. The van der Waals surface area contributed by atoms with Gasteiger partial charge in [0.1, 0.15) is 0 Å². The van der Waals surface area contributed by atoms with E-state index in [9.17, 15) is 4.79 Å². The lowest BCUT2D eigenvalue weighted by Gasteiger charge is -2.24. The lowest BCUT2D eigenvalue weighted by molar-refractivity contribution is 0.0735. The summed E-state index contributed by atoms with van der Waals surface area (Å²) in [5, 5.41) is 7.91. The molecule has 6 heteroatoms. The highest BCUT2D eigenvalue weighted by Gasteiger charge is 2.31. The van der Waals surface area contributed by atoms with E-state index in [1.54, 1.807) is 12.4 Å². The molecule has 1 aliphatic heterocycles. The number of aromatic nitrogens is 4. The van der Waals surface area contributed by atoms with Gasteiger partial charge in [0.2, 0.25) is 0 Å². The minimum atomic E-state index is 0.0198. The van der Waals surface area contributed by atoms with Crippen molar-refractivity contribution in [3.8, 4) is 0 Å². The van der Waals surface area contributed by atoms with Gasteiger partial charge in [-0.15, -0.1) is 0 Å². The van der Waals surface area contributed by atoms with Crippen LogP contribution in [0.25, 0.3) is 11.0 Å². The molecule has 0 bridgehead atoms. The summed E-state index contributed by atoms with van der Waals surface area (Å²) in [6.07, 6.45) is 7.19. The first-order valence-corrected chi connectivity index (χ1v) is 7.75. The molecule has 1 amide bonds. The highest BCUT2D eigenvalue weighted by molar-refractivity contribution is 5.97. The van der Waals surface area contributed by atoms with E-state index in [1.165, 1.54) is 0 Å². The molecule has 0 aromatic carbocycles. The molecule has 1 N–H and O–H groups in total. The standard InChI is InChI=1S/C17H17N5O/c1-11-14-8-13(10-19-16(14)21-20-11)17(23)22-7-3-5-15(22)12-4-2-6-18-9-12/h2,4,6,8-10,15H,3,5,7H2,1H3,(H,19,20,21)/t15-/m1/s1. The van der Waals surface area contributed by atoms with Crippen molar-refractivity contribution in [2.45, 2.75) is 25.8 Å². The Balaban J connectivity index is 1.68. The monoisotopic (exact) mass is 307 g/mol. The Morgan fingerprint density at radius 2 is 2.30 bits per heavy atom. The van der Waals surface area contributed by atoms with Crippen LogP contribution in [0.5, 0.6) is 0 Å². The molecule has 3 aromatic heterocycles. The van der Waals surface area contributed by atoms with Gasteiger partial charge in [-0.05, 0) is 37.5 Å². The highest BCUT2D eigenvalue weighted by atomic mass is 16.2. The molecule has 1 saturated heterocycles. The smallest absolute Gasteiger partial charge is 0.255 e. The molecule has 1 atom stereocenters. The van der Waals surface area contributed by atoms with E-state index in [2.05, 4.69) is 20.2 Å². The van der Waals surface area contributed by atoms with E-state index in [4.69, 9.17) is 0 Å². The molecule has 23 heavy (non-hydrogen) atoms. The number of hydrogen-bond donors (Lipinski definition) is 1. The summed E-state index contributed by atoms with van der Waals surface area (Å²) >= 11 is 0. The summed E-state index contributed by atoms with van der Waals surface area (Å²) in [5.41, 5.74) is 3.27. The summed E-state index contributed by atoms with van der Waals surface area (Å²) < 4.78 is 0. The van der Waals surface area contributed by atoms with Crippen LogP contribution in [-0.4, -0.2) is 37.5 Å². The number of H-pyrrole nitrogens is 1. The van der Waals surface area contributed by atoms with Gasteiger partial charge in [-0.1, -0.05) is 6.07 Å². The Labute approximate surface area is 133 Å². The lowest BCUT2D eigenvalue weighted by Crippen LogP contribution is -2.30. The molecule has 6 nitrogen and oxygen atoms in total. The van der Waals surface area contributed by atoms with Gasteiger partial charge in [0.25, 0.3) is 5.91 Å². The van der Waals surface area contributed by atoms with E-state index in [1.807, 2.05) is 36.2 Å². The van der Waals surface area contributed by atoms with Gasteiger partial charge in [-0.3, -0.25) is 14.9 Å². The molecular formula is C17H17N5O. The maximum Gasteiger partial charge on any atom is 0.255 e. The summed E-state index contributed by atoms with van der Waals surface area (Å²) in [4.78, 5) is 23.3. The summed E-state index contributed by atoms with van der Waals surface area (Å²) in [7, 11) is 0. The molecule has 1 fully saturated rings. The van der Waals surface area contributed by atoms with Gasteiger partial charge in [0, 0.05) is 36.2 Å². The minimum Gasteiger partial charge on any atom is -0.331 e. The van der Waals surface area contributed by atoms with Crippen molar-refractivity contribution in [2.24, 2.45) is 0 Å². The molecular weight excluding hydrogens is 290 g/mol. The number of rotatable bonds is 2. The van der Waals surface area contributed by atoms with Crippen LogP contribution in [0.1, 0.15) is 40.5 Å². The van der Waals surface area contributed by atoms with E-state index in [-0.39, 0.29) is 11.9 Å². The molecule has 1 aliphatic rings. The van der Waals surface area contributed by atoms with E-state index < -0.39 is 0 Å². The van der Waals surface area contributed by atoms with Crippen molar-refractivity contribution in [2.75, 3.05) is 6.54 Å². The third-order valence-electron chi connectivity index (χ3n) is 4.43. The first kappa shape index (κ1) is 13.9. The predicted molar refractivity (Wildman–Crippen MR) is 85.9 cm³/mol. The van der Waals surface area contributed by atoms with Crippen LogP contribution in [0.4, 0.5) is 0 Å². The van der Waals surface area contributed by atoms with Crippen LogP contribution in [0.3, 0.4) is 0 Å². The van der Waals surface area contributed by atoms with Gasteiger partial charge < -0.3 is 4.90 Å². The molecule has 0 saturated carbocycles. The Bertz CT molecular complexity index is 858. The Morgan fingerprint density at radius 3 is 3.13 bits per heavy atom. The van der Waals surface area contributed by atoms with E-state index >= 15 is 0 Å². The van der Waals surface area contributed by atoms with Crippen molar-refractivity contribution >= 4 is 16.9 Å². The summed E-state index contributed by atoms with van der Waals surface area (Å²) in [6, 6.07) is 5.92. The molecule has 0 radical (unpaired) electrons. The molecule has 4 heterocycles. The maximum atomic E-state index is 12.9. The summed E-state index contributed by atoms with van der Waals surface area (Å²) in [5.74, 6) is 0.0198. The summed E-state index contributed by atoms with van der Waals surface area (Å²) in [6.45, 7) is 2.69. The Hall–Kier alpha value is -2.76. The first-order valence-electron chi connectivity index (χ1n) is 7.75. The number of hydrogen-bond acceptors (Lipinski definition) is 4. The third-order valence-corrected chi connectivity index (χ3v) is 4.43. The van der Waals surface area contributed by atoms with Gasteiger partial charge >= 0.3 is 0 Å². The zero-order valence-corrected chi connectivity index (χ0v) is 12.9. The fraction of sp³-hybridized carbons (Fsp3) is 0.294. The van der Waals surface area contributed by atoms with Crippen molar-refractivity contribution in [3.05, 3.63) is 53.6 Å². The Morgan fingerprint density at radius 1 is 1.39 bits per heavy atom. The van der Waals surface area contributed by atoms with Crippen molar-refractivity contribution in [3.63, 3.8) is 0 Å². The SMILES string of the molecule is Cc1[nH]nc2ncc(C(=O)N3CCC[C@@H]3c3cccnc3)cc12. The van der Waals surface area contributed by atoms with Crippen LogP contribution < -0.4 is 0 Å². The minimum absolute atomic E-state index is 0.0198. The largest absolute Gasteiger partial charge is 0.331 e. The highest BCUT2D eigenvalue weighted by Crippen LogP contribution is 2.32. The quantitative estimate of drug-likeness (QED) is 0.789. The third kappa shape index (κ3) is 2.36. The van der Waals surface area contributed by atoms with Crippen LogP contribution in [0, 0.1) is 6.92 Å². The number of carbonyl (C=O) groups is 1. The molecule has 4 rings (SSSR count). The van der Waals surface area contributed by atoms with E-state index in [0.717, 1.165) is 36.0 Å². The average Bonchev–Trinajstić information content (AvgIpc) is 3.22. The van der Waals surface area contributed by atoms with Crippen LogP contribution in [-0.2, 0) is 0 Å². The number of carbonyl (C=O) groups excluding carboxylic acids is 1. The number of amides is 1. The number of likely N-dealkylation sites (tertiary alicyclic amines) is 1. The second-order valence-corrected chi connectivity index (χ2v) is 5.89. The molecule has 116 valence electrons. The van der Waals surface area contributed by atoms with Gasteiger partial charge in [0.05, 0.1) is 11.6 Å². The molecule has 0 aliphatic carbocycles. The number of fused-ring (bicyclic) bond motifs is 1. The fourth-order valence-electron chi connectivity index (χ4n) is 3.23. The number of nitrogens with zero attached hydrogens (tertiary/aromatic N) is 4. The Kier molecular flexibility index (Phi) is 3.29. The van der Waals surface area contributed by atoms with Crippen molar-refractivity contribution < 1.29 is 4.79 Å². The number of nitrogens with one attached hydrogen (secondary N) is 1. The van der Waals surface area contributed by atoms with Crippen LogP contribution in [0.15, 0.2) is 36.8 Å². The zero-order chi connectivity index (χ0) is 15.8. The lowest BCUT2D eigenvalue weighted by atomic mass is 10.1. The molecule has 0 spiro atoms. The second-order valence-electron chi connectivity index (χ2n) is 5.89. The van der Waals surface area contributed by atoms with Crippen molar-refractivity contribution in [1.82, 2.24) is 25.1 Å². The average molecular weight is 307 g/mol. The second kappa shape index (κ2) is 5.46. The van der Waals surface area contributed by atoms with Crippen LogP contribution >= 0.6 is 0 Å². The topological polar surface area (TPSA) is 74.8 Å². The normalized spacial score (nSPS) is 17.8. The van der Waals surface area contributed by atoms with Crippen LogP contribution in [0.2, 0.25) is 0 Å². The molecule has 3 aromatic rings. The number of aryl methyl sites for hydroxylation is 1. The first-order chi connectivity index (χ1) is 11.2. The number of pyridine rings is 2. The zero-order valence-electron chi connectivity index (χ0n) is 12.9. The van der Waals surface area contributed by atoms with Gasteiger partial charge in [0.15, 0.2) is 5.65 Å². The predicted octanol–water partition coefficient (Wildman–Crippen LogP) is 2.64. The van der Waals surface area contributed by atoms with Gasteiger partial charge in [-0.2, -0.15) is 5.10 Å². The fourth-order valence-corrected chi connectivity index (χ4v) is 3.23.